The third-order valence-corrected chi connectivity index (χ3v) is 2.49. The Morgan fingerprint density at radius 2 is 2.35 bits per heavy atom. The maximum Gasteiger partial charge on any atom is 0.127 e. The summed E-state index contributed by atoms with van der Waals surface area (Å²) in [6.45, 7) is 3.61. The van der Waals surface area contributed by atoms with Crippen LogP contribution in [-0.4, -0.2) is 26.5 Å². The molecule has 0 saturated carbocycles. The molecule has 0 atom stereocenters. The zero-order valence-electron chi connectivity index (χ0n) is 9.80. The maximum absolute atomic E-state index is 5.80. The second-order valence-corrected chi connectivity index (χ2v) is 3.87. The molecule has 2 rings (SSSR count). The SMILES string of the molecule is Cc1cnc(NCCCn2ccnn2)cc1N. The number of anilines is 2. The standard InChI is InChI=1S/C11H16N6/c1-9-8-14-11(7-10(9)12)13-3-2-5-17-6-4-15-16-17/h4,6-8H,2-3,5H2,1H3,(H3,12,13,14). The van der Waals surface area contributed by atoms with Crippen molar-refractivity contribution in [3.8, 4) is 0 Å². The molecule has 0 aliphatic heterocycles. The monoisotopic (exact) mass is 232 g/mol. The molecule has 0 fully saturated rings. The first-order valence-electron chi connectivity index (χ1n) is 5.56. The second kappa shape index (κ2) is 5.29. The Bertz CT molecular complexity index is 465. The average Bonchev–Trinajstić information content (AvgIpc) is 2.82. The third-order valence-electron chi connectivity index (χ3n) is 2.49. The smallest absolute Gasteiger partial charge is 0.127 e. The van der Waals surface area contributed by atoms with Crippen LogP contribution in [0.4, 0.5) is 11.5 Å². The van der Waals surface area contributed by atoms with Gasteiger partial charge in [0.25, 0.3) is 0 Å². The number of nitrogens with one attached hydrogen (secondary N) is 1. The minimum absolute atomic E-state index is 0.763. The molecule has 2 aromatic heterocycles. The van der Waals surface area contributed by atoms with Gasteiger partial charge >= 0.3 is 0 Å². The lowest BCUT2D eigenvalue weighted by atomic mass is 10.2. The minimum atomic E-state index is 0.763. The number of aryl methyl sites for hydroxylation is 2. The molecule has 0 saturated heterocycles. The molecule has 0 aliphatic carbocycles. The molecule has 17 heavy (non-hydrogen) atoms. The van der Waals surface area contributed by atoms with Crippen molar-refractivity contribution in [2.45, 2.75) is 19.9 Å². The van der Waals surface area contributed by atoms with Gasteiger partial charge in [-0.3, -0.25) is 4.68 Å². The first kappa shape index (κ1) is 11.4. The van der Waals surface area contributed by atoms with Crippen LogP contribution >= 0.6 is 0 Å². The fourth-order valence-corrected chi connectivity index (χ4v) is 1.45. The van der Waals surface area contributed by atoms with Crippen molar-refractivity contribution in [3.05, 3.63) is 30.2 Å². The van der Waals surface area contributed by atoms with Crippen molar-refractivity contribution in [2.75, 3.05) is 17.6 Å². The van der Waals surface area contributed by atoms with Gasteiger partial charge in [0.15, 0.2) is 0 Å². The topological polar surface area (TPSA) is 81.7 Å². The maximum atomic E-state index is 5.80. The summed E-state index contributed by atoms with van der Waals surface area (Å²) in [5, 5.41) is 10.9. The number of pyridine rings is 1. The highest BCUT2D eigenvalue weighted by atomic mass is 15.4. The van der Waals surface area contributed by atoms with Crippen LogP contribution in [0.1, 0.15) is 12.0 Å². The Labute approximate surface area is 99.9 Å². The molecule has 0 unspecified atom stereocenters. The van der Waals surface area contributed by atoms with Gasteiger partial charge in [-0.25, -0.2) is 4.98 Å². The number of hydrogen-bond acceptors (Lipinski definition) is 5. The number of rotatable bonds is 5. The van der Waals surface area contributed by atoms with Crippen LogP contribution in [-0.2, 0) is 6.54 Å². The van der Waals surface area contributed by atoms with E-state index in [1.165, 1.54) is 0 Å². The van der Waals surface area contributed by atoms with Gasteiger partial charge in [-0.2, -0.15) is 0 Å². The summed E-state index contributed by atoms with van der Waals surface area (Å²) in [5.41, 5.74) is 7.56. The summed E-state index contributed by atoms with van der Waals surface area (Å²) >= 11 is 0. The molecule has 3 N–H and O–H groups in total. The Morgan fingerprint density at radius 1 is 1.47 bits per heavy atom. The van der Waals surface area contributed by atoms with Crippen molar-refractivity contribution < 1.29 is 0 Å². The summed E-state index contributed by atoms with van der Waals surface area (Å²) < 4.78 is 1.80. The molecule has 0 aromatic carbocycles. The molecule has 6 nitrogen and oxygen atoms in total. The van der Waals surface area contributed by atoms with Crippen molar-refractivity contribution >= 4 is 11.5 Å². The number of aromatic nitrogens is 4. The Morgan fingerprint density at radius 3 is 3.06 bits per heavy atom. The summed E-state index contributed by atoms with van der Waals surface area (Å²) in [5.74, 6) is 0.812. The van der Waals surface area contributed by atoms with E-state index in [0.717, 1.165) is 36.6 Å². The largest absolute Gasteiger partial charge is 0.398 e. The van der Waals surface area contributed by atoms with E-state index < -0.39 is 0 Å². The molecule has 2 aromatic rings. The van der Waals surface area contributed by atoms with E-state index in [1.807, 2.05) is 19.2 Å². The molecule has 0 radical (unpaired) electrons. The van der Waals surface area contributed by atoms with E-state index in [-0.39, 0.29) is 0 Å². The number of nitrogens with two attached hydrogens (primary N) is 1. The molecule has 90 valence electrons. The molecular weight excluding hydrogens is 216 g/mol. The lowest BCUT2D eigenvalue weighted by molar-refractivity contribution is 0.569. The predicted octanol–water partition coefficient (Wildman–Crippen LogP) is 1.07. The van der Waals surface area contributed by atoms with Crippen LogP contribution in [0.15, 0.2) is 24.7 Å². The summed E-state index contributed by atoms with van der Waals surface area (Å²) in [4.78, 5) is 4.25. The Balaban J connectivity index is 1.76. The van der Waals surface area contributed by atoms with Gasteiger partial charge in [-0.05, 0) is 18.9 Å². The van der Waals surface area contributed by atoms with Gasteiger partial charge < -0.3 is 11.1 Å². The highest BCUT2D eigenvalue weighted by Gasteiger charge is 1.98. The quantitative estimate of drug-likeness (QED) is 0.753. The van der Waals surface area contributed by atoms with Gasteiger partial charge in [0.1, 0.15) is 5.82 Å². The second-order valence-electron chi connectivity index (χ2n) is 3.87. The first-order valence-corrected chi connectivity index (χ1v) is 5.56. The molecular formula is C11H16N6. The van der Waals surface area contributed by atoms with Crippen LogP contribution in [0.25, 0.3) is 0 Å². The zero-order valence-corrected chi connectivity index (χ0v) is 9.80. The van der Waals surface area contributed by atoms with Crippen LogP contribution in [0, 0.1) is 6.92 Å². The van der Waals surface area contributed by atoms with Gasteiger partial charge in [-0.15, -0.1) is 5.10 Å². The summed E-state index contributed by atoms with van der Waals surface area (Å²) in [7, 11) is 0. The van der Waals surface area contributed by atoms with E-state index >= 15 is 0 Å². The number of nitrogens with zero attached hydrogens (tertiary/aromatic N) is 4. The first-order chi connectivity index (χ1) is 8.25. The third kappa shape index (κ3) is 3.17. The van der Waals surface area contributed by atoms with Crippen molar-refractivity contribution in [1.29, 1.82) is 0 Å². The highest BCUT2D eigenvalue weighted by Crippen LogP contribution is 2.13. The van der Waals surface area contributed by atoms with Crippen LogP contribution in [0.2, 0.25) is 0 Å². The number of hydrogen-bond donors (Lipinski definition) is 2. The summed E-state index contributed by atoms with van der Waals surface area (Å²) in [6, 6.07) is 1.85. The van der Waals surface area contributed by atoms with Gasteiger partial charge in [0.05, 0.1) is 6.20 Å². The van der Waals surface area contributed by atoms with E-state index in [0.29, 0.717) is 0 Å². The Kier molecular flexibility index (Phi) is 3.54. The van der Waals surface area contributed by atoms with E-state index in [4.69, 9.17) is 5.73 Å². The van der Waals surface area contributed by atoms with E-state index in [2.05, 4.69) is 20.6 Å². The Hall–Kier alpha value is -2.11. The summed E-state index contributed by atoms with van der Waals surface area (Å²) in [6.07, 6.45) is 6.26. The van der Waals surface area contributed by atoms with Crippen LogP contribution in [0.5, 0.6) is 0 Å². The van der Waals surface area contributed by atoms with Gasteiger partial charge in [0.2, 0.25) is 0 Å². The van der Waals surface area contributed by atoms with Crippen molar-refractivity contribution in [1.82, 2.24) is 20.0 Å². The van der Waals surface area contributed by atoms with Crippen LogP contribution < -0.4 is 11.1 Å². The normalized spacial score (nSPS) is 10.4. The predicted molar refractivity (Wildman–Crippen MR) is 66.5 cm³/mol. The molecule has 0 bridgehead atoms. The number of nitrogen functional groups attached to an aromatic ring is 1. The van der Waals surface area contributed by atoms with E-state index in [1.54, 1.807) is 17.1 Å². The molecule has 0 aliphatic rings. The zero-order chi connectivity index (χ0) is 12.1. The van der Waals surface area contributed by atoms with Crippen molar-refractivity contribution in [3.63, 3.8) is 0 Å². The van der Waals surface area contributed by atoms with Gasteiger partial charge in [0, 0.05) is 37.2 Å². The van der Waals surface area contributed by atoms with Gasteiger partial charge in [-0.1, -0.05) is 5.21 Å². The molecule has 0 amide bonds. The lowest BCUT2D eigenvalue weighted by Crippen LogP contribution is -2.08. The van der Waals surface area contributed by atoms with E-state index in [9.17, 15) is 0 Å². The lowest BCUT2D eigenvalue weighted by Gasteiger charge is -2.07. The molecule has 0 spiro atoms. The fourth-order valence-electron chi connectivity index (χ4n) is 1.45. The van der Waals surface area contributed by atoms with Crippen molar-refractivity contribution in [2.24, 2.45) is 0 Å². The molecule has 6 heteroatoms. The highest BCUT2D eigenvalue weighted by molar-refractivity contribution is 5.53. The van der Waals surface area contributed by atoms with Crippen LogP contribution in [0.3, 0.4) is 0 Å². The minimum Gasteiger partial charge on any atom is -0.398 e. The molecule has 2 heterocycles. The average molecular weight is 232 g/mol. The fraction of sp³-hybridized carbons (Fsp3) is 0.364.